The van der Waals surface area contributed by atoms with E-state index in [-0.39, 0.29) is 11.3 Å². The molecule has 2 fully saturated rings. The Labute approximate surface area is 242 Å². The lowest BCUT2D eigenvalue weighted by molar-refractivity contribution is -0.111. The van der Waals surface area contributed by atoms with Gasteiger partial charge in [-0.05, 0) is 74.3 Å². The second kappa shape index (κ2) is 9.98. The first-order valence-corrected chi connectivity index (χ1v) is 13.7. The summed E-state index contributed by atoms with van der Waals surface area (Å²) in [6.07, 6.45) is 7.21. The van der Waals surface area contributed by atoms with Crippen LogP contribution < -0.4 is 15.4 Å². The highest BCUT2D eigenvalue weighted by molar-refractivity contribution is 6.03. The summed E-state index contributed by atoms with van der Waals surface area (Å²) in [5.41, 5.74) is 4.57. The van der Waals surface area contributed by atoms with E-state index in [0.29, 0.717) is 28.8 Å². The minimum atomic E-state index is -0.304. The van der Waals surface area contributed by atoms with Gasteiger partial charge in [-0.2, -0.15) is 5.10 Å². The number of hydrogen-bond acceptors (Lipinski definition) is 8. The predicted molar refractivity (Wildman–Crippen MR) is 161 cm³/mol. The van der Waals surface area contributed by atoms with Crippen molar-refractivity contribution < 1.29 is 9.53 Å². The van der Waals surface area contributed by atoms with E-state index in [1.54, 1.807) is 4.52 Å². The van der Waals surface area contributed by atoms with Crippen molar-refractivity contribution in [2.24, 2.45) is 11.3 Å². The molecule has 10 nitrogen and oxygen atoms in total. The van der Waals surface area contributed by atoms with Gasteiger partial charge in [-0.1, -0.05) is 18.4 Å². The summed E-state index contributed by atoms with van der Waals surface area (Å²) in [6, 6.07) is 13.3. The number of aromatic nitrogens is 5. The van der Waals surface area contributed by atoms with Crippen molar-refractivity contribution in [2.75, 3.05) is 30.8 Å². The Hall–Kier alpha value is -5.27. The lowest BCUT2D eigenvalue weighted by Crippen LogP contribution is -2.19. The van der Waals surface area contributed by atoms with Crippen LogP contribution in [-0.4, -0.2) is 55.5 Å². The van der Waals surface area contributed by atoms with E-state index in [4.69, 9.17) is 4.74 Å². The minimum absolute atomic E-state index is 0.0544. The van der Waals surface area contributed by atoms with Gasteiger partial charge in [-0.15, -0.1) is 0 Å². The molecule has 2 N–H and O–H groups in total. The molecule has 10 heteroatoms. The number of carbonyl (C=O) groups is 1. The summed E-state index contributed by atoms with van der Waals surface area (Å²) in [7, 11) is 2.13. The first kappa shape index (κ1) is 25.7. The van der Waals surface area contributed by atoms with Crippen molar-refractivity contribution in [2.45, 2.75) is 13.3 Å². The van der Waals surface area contributed by atoms with E-state index >= 15 is 0 Å². The quantitative estimate of drug-likeness (QED) is 0.224. The maximum atomic E-state index is 12.3. The van der Waals surface area contributed by atoms with Gasteiger partial charge in [0, 0.05) is 41.8 Å². The van der Waals surface area contributed by atoms with Gasteiger partial charge in [-0.25, -0.2) is 19.5 Å². The lowest BCUT2D eigenvalue weighted by atomic mass is 10.0. The Morgan fingerprint density at radius 1 is 1.17 bits per heavy atom. The van der Waals surface area contributed by atoms with Crippen molar-refractivity contribution in [3.05, 3.63) is 85.1 Å². The molecule has 4 heterocycles. The van der Waals surface area contributed by atoms with Crippen molar-refractivity contribution >= 4 is 39.6 Å². The zero-order valence-corrected chi connectivity index (χ0v) is 23.3. The number of benzene rings is 2. The number of hydrogen-bond donors (Lipinski definition) is 2. The molecule has 1 amide bonds. The molecule has 1 saturated carbocycles. The Bertz CT molecular complexity index is 1960. The highest BCUT2D eigenvalue weighted by Gasteiger charge is 2.58. The third-order valence-electron chi connectivity index (χ3n) is 7.90. The van der Waals surface area contributed by atoms with Crippen LogP contribution >= 0.6 is 0 Å². The van der Waals surface area contributed by atoms with Gasteiger partial charge in [0.1, 0.15) is 30.0 Å². The molecule has 2 atom stereocenters. The molecule has 1 aliphatic carbocycles. The Balaban J connectivity index is 1.18. The number of carbonyl (C=O) groups excluding carboxylic acids is 1. The first-order chi connectivity index (χ1) is 20.4. The molecule has 3 aromatic heterocycles. The van der Waals surface area contributed by atoms with Crippen molar-refractivity contribution in [3.63, 3.8) is 0 Å². The van der Waals surface area contributed by atoms with Crippen LogP contribution in [0, 0.1) is 30.1 Å². The van der Waals surface area contributed by atoms with E-state index in [2.05, 4.69) is 61.1 Å². The number of pyridine rings is 1. The maximum Gasteiger partial charge on any atom is 0.247 e. The lowest BCUT2D eigenvalue weighted by Gasteiger charge is -2.14. The smallest absolute Gasteiger partial charge is 0.247 e. The highest BCUT2D eigenvalue weighted by atomic mass is 16.5. The average molecular weight is 557 g/mol. The number of aryl methyl sites for hydroxylation is 1. The van der Waals surface area contributed by atoms with Crippen LogP contribution in [0.3, 0.4) is 0 Å². The van der Waals surface area contributed by atoms with Gasteiger partial charge in [0.05, 0.1) is 16.8 Å². The normalized spacial score (nSPS) is 19.1. The molecule has 7 rings (SSSR count). The van der Waals surface area contributed by atoms with Crippen molar-refractivity contribution in [1.29, 1.82) is 0 Å². The van der Waals surface area contributed by atoms with E-state index in [1.807, 2.05) is 55.6 Å². The van der Waals surface area contributed by atoms with Gasteiger partial charge < -0.3 is 20.3 Å². The van der Waals surface area contributed by atoms with Crippen LogP contribution in [0.4, 0.5) is 17.2 Å². The number of ether oxygens (including phenoxy) is 1. The van der Waals surface area contributed by atoms with Crippen LogP contribution in [0.5, 0.6) is 11.5 Å². The molecule has 0 bridgehead atoms. The number of piperidine rings is 1. The van der Waals surface area contributed by atoms with Crippen molar-refractivity contribution in [3.8, 4) is 23.3 Å². The Kier molecular flexibility index (Phi) is 6.10. The zero-order valence-electron chi connectivity index (χ0n) is 23.3. The fourth-order valence-corrected chi connectivity index (χ4v) is 5.68. The Morgan fingerprint density at radius 3 is 2.88 bits per heavy atom. The fourth-order valence-electron chi connectivity index (χ4n) is 5.68. The molecule has 0 spiro atoms. The fraction of sp³-hybridized carbons (Fsp3) is 0.219. The molecule has 2 aromatic carbocycles. The SMILES string of the molecule is C=CC(=O)Nc1cc2c(Nc3ccc(Oc4ccn5ncnc5c4)c(C)c3)ncnc2cc1C#CC12CC1CN(C)C2. The van der Waals surface area contributed by atoms with Crippen molar-refractivity contribution in [1.82, 2.24) is 29.5 Å². The number of likely N-dealkylation sites (tertiary alicyclic amines) is 1. The number of anilines is 3. The summed E-state index contributed by atoms with van der Waals surface area (Å²) in [5, 5.41) is 11.2. The van der Waals surface area contributed by atoms with E-state index < -0.39 is 0 Å². The minimum Gasteiger partial charge on any atom is -0.457 e. The molecular weight excluding hydrogens is 528 g/mol. The summed E-state index contributed by atoms with van der Waals surface area (Å²) in [6.45, 7) is 7.64. The summed E-state index contributed by atoms with van der Waals surface area (Å²) in [5.74, 6) is 9.20. The van der Waals surface area contributed by atoms with Gasteiger partial charge in [0.15, 0.2) is 5.65 Å². The number of nitrogens with one attached hydrogen (secondary N) is 2. The van der Waals surface area contributed by atoms with Gasteiger partial charge in [0.25, 0.3) is 0 Å². The Morgan fingerprint density at radius 2 is 2.07 bits per heavy atom. The second-order valence-electron chi connectivity index (χ2n) is 11.0. The number of fused-ring (bicyclic) bond motifs is 3. The zero-order chi connectivity index (χ0) is 28.8. The highest BCUT2D eigenvalue weighted by Crippen LogP contribution is 2.57. The van der Waals surface area contributed by atoms with Crippen LogP contribution in [0.25, 0.3) is 16.6 Å². The van der Waals surface area contributed by atoms with Gasteiger partial charge in [-0.3, -0.25) is 4.79 Å². The molecule has 42 heavy (non-hydrogen) atoms. The number of rotatable bonds is 6. The van der Waals surface area contributed by atoms with Crippen LogP contribution in [0.2, 0.25) is 0 Å². The molecule has 0 radical (unpaired) electrons. The van der Waals surface area contributed by atoms with E-state index in [9.17, 15) is 4.79 Å². The standard InChI is InChI=1S/C32H28N8O2/c1-4-30(41)38-26-14-25-27(12-21(26)7-9-32-15-22(32)16-39(3)17-32)33-18-35-31(25)37-23-5-6-28(20(2)11-23)42-24-8-10-40-29(13-24)34-19-36-40/h4-6,8,10-14,18-19,22H,1,15-17H2,2-3H3,(H,38,41)(H,33,35,37). The van der Waals surface area contributed by atoms with Gasteiger partial charge >= 0.3 is 0 Å². The van der Waals surface area contributed by atoms with E-state index in [1.165, 1.54) is 18.7 Å². The average Bonchev–Trinajstić information content (AvgIpc) is 3.27. The van der Waals surface area contributed by atoms with Gasteiger partial charge in [0.2, 0.25) is 5.91 Å². The summed E-state index contributed by atoms with van der Waals surface area (Å²) < 4.78 is 7.80. The third kappa shape index (κ3) is 4.80. The largest absolute Gasteiger partial charge is 0.457 e. The topological polar surface area (TPSA) is 110 Å². The predicted octanol–water partition coefficient (Wildman–Crippen LogP) is 4.94. The molecule has 208 valence electrons. The van der Waals surface area contributed by atoms with Crippen LogP contribution in [0.15, 0.2) is 74.0 Å². The molecular formula is C32H28N8O2. The van der Waals surface area contributed by atoms with E-state index in [0.717, 1.165) is 53.0 Å². The molecule has 2 unspecified atom stereocenters. The maximum absolute atomic E-state index is 12.3. The van der Waals surface area contributed by atoms with Crippen LogP contribution in [0.1, 0.15) is 17.5 Å². The second-order valence-corrected chi connectivity index (χ2v) is 11.0. The summed E-state index contributed by atoms with van der Waals surface area (Å²) in [4.78, 5) is 27.9. The monoisotopic (exact) mass is 556 g/mol. The molecule has 1 saturated heterocycles. The third-order valence-corrected chi connectivity index (χ3v) is 7.90. The number of nitrogens with zero attached hydrogens (tertiary/aromatic N) is 6. The molecule has 1 aliphatic heterocycles. The summed E-state index contributed by atoms with van der Waals surface area (Å²) >= 11 is 0. The first-order valence-electron chi connectivity index (χ1n) is 13.7. The molecule has 5 aromatic rings. The number of amides is 1. The molecule has 2 aliphatic rings. The van der Waals surface area contributed by atoms with Crippen LogP contribution in [-0.2, 0) is 4.79 Å².